The van der Waals surface area contributed by atoms with Crippen LogP contribution in [0.15, 0.2) is 46.7 Å². The van der Waals surface area contributed by atoms with Crippen LogP contribution in [0.5, 0.6) is 0 Å². The lowest BCUT2D eigenvalue weighted by Crippen LogP contribution is -2.15. The normalized spacial score (nSPS) is 16.6. The number of benzene rings is 1. The molecule has 1 aromatic carbocycles. The fourth-order valence-electron chi connectivity index (χ4n) is 2.72. The van der Waals surface area contributed by atoms with Crippen LogP contribution in [0.25, 0.3) is 0 Å². The van der Waals surface area contributed by atoms with Gasteiger partial charge in [-0.25, -0.2) is 4.98 Å². The number of para-hydroxylation sites is 1. The van der Waals surface area contributed by atoms with E-state index in [1.165, 1.54) is 6.42 Å². The molecule has 0 saturated carbocycles. The van der Waals surface area contributed by atoms with Crippen LogP contribution < -0.4 is 10.6 Å². The van der Waals surface area contributed by atoms with Gasteiger partial charge in [0, 0.05) is 30.8 Å². The van der Waals surface area contributed by atoms with Crippen molar-refractivity contribution in [2.75, 3.05) is 18.4 Å². The van der Waals surface area contributed by atoms with Crippen molar-refractivity contribution in [2.24, 2.45) is 13.0 Å². The summed E-state index contributed by atoms with van der Waals surface area (Å²) in [7, 11) is 1.96. The van der Waals surface area contributed by atoms with Gasteiger partial charge in [0.25, 0.3) is 0 Å². The molecule has 7 heteroatoms. The molecule has 0 bridgehead atoms. The largest absolute Gasteiger partial charge is 0.329 e. The zero-order chi connectivity index (χ0) is 16.1. The lowest BCUT2D eigenvalue weighted by molar-refractivity contribution is -0.116. The molecule has 2 aromatic rings. The number of amides is 1. The zero-order valence-corrected chi connectivity index (χ0v) is 15.3. The van der Waals surface area contributed by atoms with Gasteiger partial charge in [0.1, 0.15) is 0 Å². The maximum absolute atomic E-state index is 12.2. The molecule has 1 amide bonds. The van der Waals surface area contributed by atoms with Crippen molar-refractivity contribution in [1.82, 2.24) is 14.9 Å². The predicted octanol–water partition coefficient (Wildman–Crippen LogP) is 3.32. The Morgan fingerprint density at radius 3 is 3.00 bits per heavy atom. The Kier molecular flexibility index (Phi) is 7.15. The third kappa shape index (κ3) is 5.00. The van der Waals surface area contributed by atoms with E-state index in [1.54, 1.807) is 18.0 Å². The van der Waals surface area contributed by atoms with Gasteiger partial charge in [-0.05, 0) is 55.7 Å². The Bertz CT molecular complexity index is 670. The summed E-state index contributed by atoms with van der Waals surface area (Å²) in [6.45, 7) is 2.12. The van der Waals surface area contributed by atoms with E-state index in [0.717, 1.165) is 35.2 Å². The van der Waals surface area contributed by atoms with E-state index >= 15 is 0 Å². The van der Waals surface area contributed by atoms with Crippen molar-refractivity contribution in [2.45, 2.75) is 29.3 Å². The van der Waals surface area contributed by atoms with E-state index in [4.69, 9.17) is 0 Å². The summed E-state index contributed by atoms with van der Waals surface area (Å²) in [6.07, 6.45) is 6.40. The van der Waals surface area contributed by atoms with Gasteiger partial charge in [-0.15, -0.1) is 12.4 Å². The highest BCUT2D eigenvalue weighted by Gasteiger charge is 2.16. The highest BCUT2D eigenvalue weighted by Crippen LogP contribution is 2.32. The molecule has 0 radical (unpaired) electrons. The number of halogens is 1. The van der Waals surface area contributed by atoms with Crippen LogP contribution in [-0.4, -0.2) is 28.5 Å². The van der Waals surface area contributed by atoms with Crippen LogP contribution in [0.4, 0.5) is 5.69 Å². The first-order valence-corrected chi connectivity index (χ1v) is 8.79. The number of imidazole rings is 1. The van der Waals surface area contributed by atoms with Gasteiger partial charge < -0.3 is 15.2 Å². The van der Waals surface area contributed by atoms with Gasteiger partial charge in [0.05, 0.1) is 5.69 Å². The fourth-order valence-corrected chi connectivity index (χ4v) is 3.61. The third-order valence-electron chi connectivity index (χ3n) is 4.08. The first-order chi connectivity index (χ1) is 11.2. The summed E-state index contributed by atoms with van der Waals surface area (Å²) in [4.78, 5) is 17.6. The molecule has 2 N–H and O–H groups in total. The third-order valence-corrected chi connectivity index (χ3v) is 5.23. The minimum atomic E-state index is 0. The summed E-state index contributed by atoms with van der Waals surface area (Å²) in [6, 6.07) is 7.88. The summed E-state index contributed by atoms with van der Waals surface area (Å²) < 4.78 is 1.97. The fraction of sp³-hybridized carbons (Fsp3) is 0.412. The Morgan fingerprint density at radius 1 is 1.46 bits per heavy atom. The molecule has 3 rings (SSSR count). The molecule has 5 nitrogen and oxygen atoms in total. The first-order valence-electron chi connectivity index (χ1n) is 7.97. The summed E-state index contributed by atoms with van der Waals surface area (Å²) in [5, 5.41) is 7.30. The van der Waals surface area contributed by atoms with Crippen molar-refractivity contribution >= 4 is 35.8 Å². The molecule has 1 aliphatic heterocycles. The highest BCUT2D eigenvalue weighted by molar-refractivity contribution is 7.99. The Labute approximate surface area is 153 Å². The monoisotopic (exact) mass is 366 g/mol. The Morgan fingerprint density at radius 2 is 2.29 bits per heavy atom. The molecule has 1 aliphatic rings. The summed E-state index contributed by atoms with van der Waals surface area (Å²) >= 11 is 1.56. The highest BCUT2D eigenvalue weighted by atomic mass is 35.5. The summed E-state index contributed by atoms with van der Waals surface area (Å²) in [5.74, 6) is 0.725. The van der Waals surface area contributed by atoms with Crippen LogP contribution in [0.3, 0.4) is 0 Å². The first kappa shape index (κ1) is 18.8. The maximum Gasteiger partial charge on any atom is 0.224 e. The molecule has 130 valence electrons. The molecule has 1 fully saturated rings. The van der Waals surface area contributed by atoms with Crippen molar-refractivity contribution in [1.29, 1.82) is 0 Å². The molecule has 1 atom stereocenters. The number of hydrogen-bond acceptors (Lipinski definition) is 4. The average molecular weight is 367 g/mol. The van der Waals surface area contributed by atoms with Gasteiger partial charge >= 0.3 is 0 Å². The molecule has 0 aliphatic carbocycles. The van der Waals surface area contributed by atoms with Gasteiger partial charge in [-0.3, -0.25) is 4.79 Å². The molecule has 1 aromatic heterocycles. The maximum atomic E-state index is 12.2. The number of aromatic nitrogens is 2. The number of hydrogen-bond donors (Lipinski definition) is 2. The van der Waals surface area contributed by atoms with Crippen LogP contribution >= 0.6 is 24.2 Å². The SMILES string of the molecule is Cl.Cn1ccnc1Sc1ccccc1NC(=O)CCC1CCNC1. The topological polar surface area (TPSA) is 59.0 Å². The molecule has 1 unspecified atom stereocenters. The van der Waals surface area contributed by atoms with E-state index in [0.29, 0.717) is 12.3 Å². The number of anilines is 1. The molecule has 0 spiro atoms. The molecular formula is C17H23ClN4OS. The van der Waals surface area contributed by atoms with E-state index in [9.17, 15) is 4.79 Å². The van der Waals surface area contributed by atoms with Gasteiger partial charge in [0.2, 0.25) is 5.91 Å². The number of nitrogens with zero attached hydrogens (tertiary/aromatic N) is 2. The van der Waals surface area contributed by atoms with E-state index in [1.807, 2.05) is 42.1 Å². The van der Waals surface area contributed by atoms with Crippen molar-refractivity contribution in [3.8, 4) is 0 Å². The smallest absolute Gasteiger partial charge is 0.224 e. The minimum Gasteiger partial charge on any atom is -0.329 e. The number of aryl methyl sites for hydroxylation is 1. The second kappa shape index (κ2) is 9.11. The quantitative estimate of drug-likeness (QED) is 0.823. The van der Waals surface area contributed by atoms with Crippen LogP contribution in [0.1, 0.15) is 19.3 Å². The Hall–Kier alpha value is -1.50. The van der Waals surface area contributed by atoms with Gasteiger partial charge in [-0.1, -0.05) is 12.1 Å². The molecule has 24 heavy (non-hydrogen) atoms. The number of nitrogens with one attached hydrogen (secondary N) is 2. The van der Waals surface area contributed by atoms with E-state index in [2.05, 4.69) is 15.6 Å². The number of carbonyl (C=O) groups is 1. The zero-order valence-electron chi connectivity index (χ0n) is 13.7. The van der Waals surface area contributed by atoms with Crippen molar-refractivity contribution in [3.05, 3.63) is 36.7 Å². The standard InChI is InChI=1S/C17H22N4OS.ClH/c1-21-11-10-19-17(21)23-15-5-3-2-4-14(15)20-16(22)7-6-13-8-9-18-12-13;/h2-5,10-11,13,18H,6-9,12H2,1H3,(H,20,22);1H. The second-order valence-corrected chi connectivity index (χ2v) is 6.87. The molecular weight excluding hydrogens is 344 g/mol. The lowest BCUT2D eigenvalue weighted by Gasteiger charge is -2.12. The van der Waals surface area contributed by atoms with E-state index in [-0.39, 0.29) is 18.3 Å². The average Bonchev–Trinajstić information content (AvgIpc) is 3.20. The molecule has 2 heterocycles. The predicted molar refractivity (Wildman–Crippen MR) is 99.9 cm³/mol. The minimum absolute atomic E-state index is 0. The van der Waals surface area contributed by atoms with Crippen molar-refractivity contribution < 1.29 is 4.79 Å². The van der Waals surface area contributed by atoms with Crippen LogP contribution in [0, 0.1) is 5.92 Å². The van der Waals surface area contributed by atoms with Gasteiger partial charge in [-0.2, -0.15) is 0 Å². The lowest BCUT2D eigenvalue weighted by atomic mass is 10.0. The van der Waals surface area contributed by atoms with Gasteiger partial charge in [0.15, 0.2) is 5.16 Å². The van der Waals surface area contributed by atoms with Crippen LogP contribution in [0.2, 0.25) is 0 Å². The second-order valence-electron chi connectivity index (χ2n) is 5.86. The summed E-state index contributed by atoms with van der Waals surface area (Å²) in [5.41, 5.74) is 0.857. The van der Waals surface area contributed by atoms with Crippen LogP contribution in [-0.2, 0) is 11.8 Å². The Balaban J connectivity index is 0.00000208. The van der Waals surface area contributed by atoms with E-state index < -0.39 is 0 Å². The number of rotatable bonds is 6. The number of carbonyl (C=O) groups excluding carboxylic acids is 1. The molecule has 1 saturated heterocycles. The van der Waals surface area contributed by atoms with Crippen molar-refractivity contribution in [3.63, 3.8) is 0 Å².